The maximum Gasteiger partial charge on any atom is 0.0848 e. The minimum absolute atomic E-state index is 0.953. The quantitative estimate of drug-likeness (QED) is 0.0482. The zero-order chi connectivity index (χ0) is 41.0. The number of aliphatic imine (C=N–C) groups is 2. The van der Waals surface area contributed by atoms with Gasteiger partial charge in [-0.15, -0.1) is 0 Å². The molecule has 0 N–H and O–H groups in total. The van der Waals surface area contributed by atoms with Crippen LogP contribution in [0.5, 0.6) is 0 Å². The van der Waals surface area contributed by atoms with Gasteiger partial charge in [-0.25, -0.2) is 4.99 Å². The average molecular weight is 781 g/mol. The van der Waals surface area contributed by atoms with Crippen LogP contribution in [-0.2, 0) is 25.7 Å². The van der Waals surface area contributed by atoms with E-state index >= 15 is 0 Å². The number of rotatable bonds is 37. The molecular formula is C55H92N2. The Labute approximate surface area is 355 Å². The molecule has 0 amide bonds. The van der Waals surface area contributed by atoms with Crippen molar-refractivity contribution in [3.63, 3.8) is 0 Å². The molecule has 0 saturated heterocycles. The first-order chi connectivity index (χ1) is 28.1. The highest BCUT2D eigenvalue weighted by Gasteiger charge is 2.11. The second-order valence-corrected chi connectivity index (χ2v) is 17.3. The van der Waals surface area contributed by atoms with Crippen molar-refractivity contribution in [3.05, 3.63) is 70.8 Å². The highest BCUT2D eigenvalue weighted by molar-refractivity contribution is 6.47. The summed E-state index contributed by atoms with van der Waals surface area (Å²) in [7, 11) is 0. The molecule has 2 aromatic carbocycles. The molecule has 322 valence electrons. The summed E-state index contributed by atoms with van der Waals surface area (Å²) in [5.41, 5.74) is 10.2. The van der Waals surface area contributed by atoms with Crippen LogP contribution in [-0.4, -0.2) is 11.4 Å². The molecule has 57 heavy (non-hydrogen) atoms. The fraction of sp³-hybridized carbons (Fsp3) is 0.709. The fourth-order valence-electron chi connectivity index (χ4n) is 8.36. The van der Waals surface area contributed by atoms with Crippen molar-refractivity contribution in [2.24, 2.45) is 9.98 Å². The first-order valence-corrected chi connectivity index (χ1v) is 25.2. The van der Waals surface area contributed by atoms with Crippen LogP contribution in [0.4, 0.5) is 11.4 Å². The second kappa shape index (κ2) is 35.5. The van der Waals surface area contributed by atoms with Gasteiger partial charge in [-0.05, 0) is 104 Å². The Morgan fingerprint density at radius 3 is 1.16 bits per heavy atom. The molecule has 0 spiro atoms. The molecule has 2 aromatic rings. The van der Waals surface area contributed by atoms with Crippen molar-refractivity contribution in [3.8, 4) is 0 Å². The molecule has 0 heterocycles. The van der Waals surface area contributed by atoms with Gasteiger partial charge in [0.05, 0.1) is 22.8 Å². The summed E-state index contributed by atoms with van der Waals surface area (Å²) in [6.45, 7) is 13.7. The number of nitrogens with zero attached hydrogens (tertiary/aromatic N) is 2. The molecule has 0 aliphatic heterocycles. The van der Waals surface area contributed by atoms with E-state index in [0.717, 1.165) is 87.0 Å². The highest BCUT2D eigenvalue weighted by Crippen LogP contribution is 2.25. The molecular weight excluding hydrogens is 689 g/mol. The van der Waals surface area contributed by atoms with E-state index in [4.69, 9.17) is 9.98 Å². The van der Waals surface area contributed by atoms with Gasteiger partial charge in [0.1, 0.15) is 0 Å². The summed E-state index contributed by atoms with van der Waals surface area (Å²) in [6, 6.07) is 13.9. The minimum atomic E-state index is 0.953. The lowest BCUT2D eigenvalue weighted by Crippen LogP contribution is -2.12. The molecule has 0 atom stereocenters. The number of benzene rings is 2. The van der Waals surface area contributed by atoms with Gasteiger partial charge in [0.15, 0.2) is 0 Å². The Bertz CT molecular complexity index is 1350. The van der Waals surface area contributed by atoms with Crippen LogP contribution in [0, 0.1) is 0 Å². The maximum atomic E-state index is 5.39. The average Bonchev–Trinajstić information content (AvgIpc) is 3.21. The Morgan fingerprint density at radius 1 is 0.386 bits per heavy atom. The third-order valence-electron chi connectivity index (χ3n) is 11.8. The summed E-state index contributed by atoms with van der Waals surface area (Å²) in [5, 5.41) is 0. The van der Waals surface area contributed by atoms with Crippen LogP contribution in [0.2, 0.25) is 0 Å². The van der Waals surface area contributed by atoms with E-state index in [1.807, 2.05) is 0 Å². The topological polar surface area (TPSA) is 24.7 Å². The van der Waals surface area contributed by atoms with Gasteiger partial charge in [0.25, 0.3) is 0 Å². The van der Waals surface area contributed by atoms with Crippen molar-refractivity contribution in [1.29, 1.82) is 0 Å². The van der Waals surface area contributed by atoms with Gasteiger partial charge in [-0.2, -0.15) is 0 Å². The molecule has 2 nitrogen and oxygen atoms in total. The summed E-state index contributed by atoms with van der Waals surface area (Å²) >= 11 is 0. The standard InChI is InChI=1S/C55H92N2/c1-7-13-15-16-17-18-19-20-21-22-23-24-25-26-27-28-29-30-31-32-33-34-35-41-55(57-53-45-43-49(37-10-4)51(47-53)39-12-6)54(40-14-8-2)56-52-44-42-48(36-9-3)50(46-52)38-11-5/h35,41-47H,7-34,36-40H2,1-6H3/b41-35+,56-54?,57-55?. The lowest BCUT2D eigenvalue weighted by molar-refractivity contribution is 0.520. The van der Waals surface area contributed by atoms with Gasteiger partial charge in [-0.1, -0.05) is 220 Å². The maximum absolute atomic E-state index is 5.39. The second-order valence-electron chi connectivity index (χ2n) is 17.3. The van der Waals surface area contributed by atoms with E-state index < -0.39 is 0 Å². The number of hydrogen-bond acceptors (Lipinski definition) is 2. The summed E-state index contributed by atoms with van der Waals surface area (Å²) in [6.07, 6.45) is 48.2. The number of hydrogen-bond donors (Lipinski definition) is 0. The normalized spacial score (nSPS) is 12.4. The Hall–Kier alpha value is -2.48. The third-order valence-corrected chi connectivity index (χ3v) is 11.8. The molecule has 0 fully saturated rings. The van der Waals surface area contributed by atoms with Crippen molar-refractivity contribution in [2.45, 2.75) is 253 Å². The lowest BCUT2D eigenvalue weighted by Gasteiger charge is -2.12. The van der Waals surface area contributed by atoms with Crippen LogP contribution in [0.3, 0.4) is 0 Å². The fourth-order valence-corrected chi connectivity index (χ4v) is 8.36. The van der Waals surface area contributed by atoms with Crippen LogP contribution >= 0.6 is 0 Å². The van der Waals surface area contributed by atoms with Crippen molar-refractivity contribution in [1.82, 2.24) is 0 Å². The van der Waals surface area contributed by atoms with E-state index in [2.05, 4.69) is 90.1 Å². The van der Waals surface area contributed by atoms with Gasteiger partial charge in [0.2, 0.25) is 0 Å². The molecule has 0 aliphatic carbocycles. The van der Waals surface area contributed by atoms with E-state index in [0.29, 0.717) is 0 Å². The van der Waals surface area contributed by atoms with E-state index in [1.54, 1.807) is 0 Å². The van der Waals surface area contributed by atoms with E-state index in [9.17, 15) is 0 Å². The van der Waals surface area contributed by atoms with Crippen LogP contribution in [0.25, 0.3) is 0 Å². The Morgan fingerprint density at radius 2 is 0.754 bits per heavy atom. The van der Waals surface area contributed by atoms with Crippen LogP contribution in [0.1, 0.15) is 250 Å². The predicted octanol–water partition coefficient (Wildman–Crippen LogP) is 18.7. The zero-order valence-corrected chi connectivity index (χ0v) is 38.8. The third kappa shape index (κ3) is 24.3. The summed E-state index contributed by atoms with van der Waals surface area (Å²) in [5.74, 6) is 0. The van der Waals surface area contributed by atoms with Gasteiger partial charge in [0, 0.05) is 0 Å². The monoisotopic (exact) mass is 781 g/mol. The van der Waals surface area contributed by atoms with Crippen molar-refractivity contribution < 1.29 is 0 Å². The van der Waals surface area contributed by atoms with Crippen LogP contribution < -0.4 is 0 Å². The molecule has 0 radical (unpaired) electrons. The SMILES string of the molecule is CCCCCCCCCCCCCCCCCCCCCCC/C=C/C(=Nc1ccc(CCC)c(CCC)c1)C(CCCC)=Nc1ccc(CCC)c(CCC)c1. The minimum Gasteiger partial charge on any atom is -0.251 e. The molecule has 2 heteroatoms. The smallest absolute Gasteiger partial charge is 0.0848 e. The Kier molecular flexibility index (Phi) is 31.5. The van der Waals surface area contributed by atoms with E-state index in [-0.39, 0.29) is 0 Å². The Balaban J connectivity index is 1.90. The molecule has 0 saturated carbocycles. The predicted molar refractivity (Wildman–Crippen MR) is 259 cm³/mol. The largest absolute Gasteiger partial charge is 0.251 e. The number of allylic oxidation sites excluding steroid dienone is 2. The van der Waals surface area contributed by atoms with Crippen molar-refractivity contribution >= 4 is 22.8 Å². The summed E-state index contributed by atoms with van der Waals surface area (Å²) < 4.78 is 0. The lowest BCUT2D eigenvalue weighted by atomic mass is 9.98. The van der Waals surface area contributed by atoms with Gasteiger partial charge >= 0.3 is 0 Å². The zero-order valence-electron chi connectivity index (χ0n) is 38.8. The van der Waals surface area contributed by atoms with Crippen LogP contribution in [0.15, 0.2) is 58.5 Å². The van der Waals surface area contributed by atoms with Crippen molar-refractivity contribution in [2.75, 3.05) is 0 Å². The molecule has 0 aliphatic rings. The first-order valence-electron chi connectivity index (χ1n) is 25.2. The van der Waals surface area contributed by atoms with Gasteiger partial charge in [-0.3, -0.25) is 4.99 Å². The number of aryl methyl sites for hydroxylation is 4. The van der Waals surface area contributed by atoms with Gasteiger partial charge < -0.3 is 0 Å². The van der Waals surface area contributed by atoms with E-state index in [1.165, 1.54) is 170 Å². The molecule has 0 aromatic heterocycles. The molecule has 2 rings (SSSR count). The highest BCUT2D eigenvalue weighted by atomic mass is 14.8. The number of unbranched alkanes of at least 4 members (excludes halogenated alkanes) is 22. The molecule has 0 bridgehead atoms. The first kappa shape index (κ1) is 50.7. The summed E-state index contributed by atoms with van der Waals surface area (Å²) in [4.78, 5) is 10.8. The molecule has 0 unspecified atom stereocenters.